The zero-order chi connectivity index (χ0) is 19.2. The molecule has 144 valence electrons. The fraction of sp³-hybridized carbons (Fsp3) is 0.526. The Morgan fingerprint density at radius 1 is 1.30 bits per heavy atom. The van der Waals surface area contributed by atoms with Crippen LogP contribution < -0.4 is 0 Å². The summed E-state index contributed by atoms with van der Waals surface area (Å²) >= 11 is 0. The second-order valence-corrected chi connectivity index (χ2v) is 7.10. The summed E-state index contributed by atoms with van der Waals surface area (Å²) < 4.78 is 1.59. The van der Waals surface area contributed by atoms with Crippen LogP contribution in [-0.4, -0.2) is 55.2 Å². The minimum absolute atomic E-state index is 0.00530. The van der Waals surface area contributed by atoms with Gasteiger partial charge in [0.1, 0.15) is 11.9 Å². The molecule has 1 amide bonds. The van der Waals surface area contributed by atoms with Gasteiger partial charge in [-0.25, -0.2) is 4.68 Å². The van der Waals surface area contributed by atoms with Gasteiger partial charge in [-0.2, -0.15) is 0 Å². The normalized spacial score (nSPS) is 18.3. The minimum Gasteiger partial charge on any atom is -0.481 e. The number of carbonyl (C=O) groups is 2. The number of likely N-dealkylation sites (tertiary alicyclic amines) is 1. The first-order valence-electron chi connectivity index (χ1n) is 9.33. The number of aryl methyl sites for hydroxylation is 1. The molecule has 0 aliphatic carbocycles. The van der Waals surface area contributed by atoms with E-state index in [0.717, 1.165) is 18.4 Å². The first kappa shape index (κ1) is 19.0. The summed E-state index contributed by atoms with van der Waals surface area (Å²) in [7, 11) is 0. The van der Waals surface area contributed by atoms with E-state index in [1.165, 1.54) is 0 Å². The molecule has 0 unspecified atom stereocenters. The van der Waals surface area contributed by atoms with Crippen molar-refractivity contribution in [3.8, 4) is 0 Å². The van der Waals surface area contributed by atoms with Crippen LogP contribution in [0.5, 0.6) is 0 Å². The lowest BCUT2D eigenvalue weighted by atomic mass is 9.92. The van der Waals surface area contributed by atoms with Crippen LogP contribution >= 0.6 is 0 Å². The van der Waals surface area contributed by atoms with Crippen LogP contribution in [-0.2, 0) is 16.0 Å². The molecular formula is C19H25N5O3. The molecule has 1 saturated heterocycles. The van der Waals surface area contributed by atoms with Crippen LogP contribution in [0, 0.1) is 12.8 Å². The second-order valence-electron chi connectivity index (χ2n) is 7.10. The number of hydrogen-bond donors (Lipinski definition) is 1. The number of amides is 1. The average molecular weight is 371 g/mol. The van der Waals surface area contributed by atoms with Gasteiger partial charge in [0.05, 0.1) is 0 Å². The fourth-order valence-electron chi connectivity index (χ4n) is 3.68. The Hall–Kier alpha value is -2.77. The Morgan fingerprint density at radius 2 is 2.07 bits per heavy atom. The molecule has 27 heavy (non-hydrogen) atoms. The number of carboxylic acids is 1. The molecule has 1 fully saturated rings. The number of aromatic nitrogens is 4. The molecule has 2 heterocycles. The van der Waals surface area contributed by atoms with Crippen molar-refractivity contribution in [3.63, 3.8) is 0 Å². The molecule has 0 bridgehead atoms. The van der Waals surface area contributed by atoms with Crippen molar-refractivity contribution in [2.45, 2.75) is 45.1 Å². The van der Waals surface area contributed by atoms with Gasteiger partial charge in [-0.1, -0.05) is 30.3 Å². The maximum atomic E-state index is 13.3. The number of carboxylic acid groups (broad SMARTS) is 1. The van der Waals surface area contributed by atoms with Crippen molar-refractivity contribution in [3.05, 3.63) is 41.7 Å². The van der Waals surface area contributed by atoms with Crippen molar-refractivity contribution in [1.29, 1.82) is 0 Å². The Labute approximate surface area is 158 Å². The van der Waals surface area contributed by atoms with E-state index in [0.29, 0.717) is 31.8 Å². The van der Waals surface area contributed by atoms with Crippen LogP contribution in [0.15, 0.2) is 30.3 Å². The highest BCUT2D eigenvalue weighted by Crippen LogP contribution is 2.25. The molecule has 0 radical (unpaired) electrons. The van der Waals surface area contributed by atoms with Gasteiger partial charge >= 0.3 is 5.97 Å². The molecule has 8 nitrogen and oxygen atoms in total. The molecule has 3 rings (SSSR count). The van der Waals surface area contributed by atoms with Gasteiger partial charge in [-0.05, 0) is 48.1 Å². The van der Waals surface area contributed by atoms with Gasteiger partial charge in [-0.3, -0.25) is 9.59 Å². The monoisotopic (exact) mass is 371 g/mol. The van der Waals surface area contributed by atoms with Gasteiger partial charge in [-0.15, -0.1) is 5.10 Å². The minimum atomic E-state index is -0.787. The van der Waals surface area contributed by atoms with Crippen molar-refractivity contribution < 1.29 is 14.7 Å². The van der Waals surface area contributed by atoms with Gasteiger partial charge in [0.25, 0.3) is 0 Å². The van der Waals surface area contributed by atoms with Crippen molar-refractivity contribution >= 4 is 11.9 Å². The summed E-state index contributed by atoms with van der Waals surface area (Å²) in [5.74, 6) is 0.0360. The van der Waals surface area contributed by atoms with Crippen molar-refractivity contribution in [1.82, 2.24) is 25.1 Å². The maximum Gasteiger partial charge on any atom is 0.303 e. The Kier molecular flexibility index (Phi) is 6.16. The third-order valence-corrected chi connectivity index (χ3v) is 5.11. The van der Waals surface area contributed by atoms with Gasteiger partial charge in [0.15, 0.2) is 0 Å². The van der Waals surface area contributed by atoms with E-state index in [1.807, 2.05) is 35.2 Å². The molecule has 2 atom stereocenters. The number of hydrogen-bond acceptors (Lipinski definition) is 5. The number of benzene rings is 1. The lowest BCUT2D eigenvalue weighted by Gasteiger charge is -2.35. The van der Waals surface area contributed by atoms with E-state index in [-0.39, 0.29) is 18.2 Å². The van der Waals surface area contributed by atoms with E-state index in [1.54, 1.807) is 11.6 Å². The van der Waals surface area contributed by atoms with Crippen LogP contribution in [0.1, 0.15) is 43.1 Å². The van der Waals surface area contributed by atoms with E-state index < -0.39 is 12.0 Å². The highest BCUT2D eigenvalue weighted by molar-refractivity contribution is 5.81. The summed E-state index contributed by atoms with van der Waals surface area (Å²) in [6.07, 6.45) is 3.12. The number of aliphatic carboxylic acids is 1. The predicted molar refractivity (Wildman–Crippen MR) is 97.9 cm³/mol. The zero-order valence-electron chi connectivity index (χ0n) is 15.5. The van der Waals surface area contributed by atoms with E-state index in [9.17, 15) is 9.59 Å². The number of nitrogens with zero attached hydrogens (tertiary/aromatic N) is 5. The summed E-state index contributed by atoms with van der Waals surface area (Å²) in [5.41, 5.74) is 1.05. The molecule has 1 aliphatic heterocycles. The fourth-order valence-corrected chi connectivity index (χ4v) is 3.68. The van der Waals surface area contributed by atoms with Crippen LogP contribution in [0.3, 0.4) is 0 Å². The maximum absolute atomic E-state index is 13.3. The molecule has 1 aromatic heterocycles. The molecule has 0 saturated carbocycles. The standard InChI is InChI=1S/C19H25N5O3/c1-14-20-21-22-24(14)17(12-15-6-3-2-4-7-15)19(27)23-11-5-8-16(13-23)9-10-18(25)26/h2-4,6-7,16-17H,5,8-13H2,1H3,(H,25,26)/t16-,17-/m0/s1. The smallest absolute Gasteiger partial charge is 0.303 e. The number of piperidine rings is 1. The third kappa shape index (κ3) is 4.90. The lowest BCUT2D eigenvalue weighted by Crippen LogP contribution is -2.44. The summed E-state index contributed by atoms with van der Waals surface area (Å²) in [6.45, 7) is 3.07. The predicted octanol–water partition coefficient (Wildman–Crippen LogP) is 1.87. The Morgan fingerprint density at radius 3 is 2.74 bits per heavy atom. The highest BCUT2D eigenvalue weighted by Gasteiger charge is 2.31. The van der Waals surface area contributed by atoms with E-state index >= 15 is 0 Å². The molecule has 8 heteroatoms. The van der Waals surface area contributed by atoms with Crippen molar-refractivity contribution in [2.75, 3.05) is 13.1 Å². The quantitative estimate of drug-likeness (QED) is 0.797. The first-order valence-corrected chi connectivity index (χ1v) is 9.33. The molecular weight excluding hydrogens is 346 g/mol. The van der Waals surface area contributed by atoms with Crippen LogP contribution in [0.2, 0.25) is 0 Å². The Bertz CT molecular complexity index is 777. The third-order valence-electron chi connectivity index (χ3n) is 5.11. The van der Waals surface area contributed by atoms with Gasteiger partial charge in [0, 0.05) is 25.9 Å². The van der Waals surface area contributed by atoms with Gasteiger partial charge in [0.2, 0.25) is 5.91 Å². The van der Waals surface area contributed by atoms with E-state index in [4.69, 9.17) is 5.11 Å². The van der Waals surface area contributed by atoms with Crippen molar-refractivity contribution in [2.24, 2.45) is 5.92 Å². The zero-order valence-corrected chi connectivity index (χ0v) is 15.5. The lowest BCUT2D eigenvalue weighted by molar-refractivity contribution is -0.138. The SMILES string of the molecule is Cc1nnnn1[C@@H](Cc1ccccc1)C(=O)N1CCC[C@@H](CCC(=O)O)C1. The topological polar surface area (TPSA) is 101 Å². The molecule has 2 aromatic rings. The van der Waals surface area contributed by atoms with Crippen LogP contribution in [0.25, 0.3) is 0 Å². The molecule has 1 N–H and O–H groups in total. The highest BCUT2D eigenvalue weighted by atomic mass is 16.4. The number of rotatable bonds is 7. The molecule has 1 aromatic carbocycles. The number of carbonyl (C=O) groups excluding carboxylic acids is 1. The summed E-state index contributed by atoms with van der Waals surface area (Å²) in [6, 6.07) is 9.33. The van der Waals surface area contributed by atoms with E-state index in [2.05, 4.69) is 15.5 Å². The summed E-state index contributed by atoms with van der Waals surface area (Å²) in [4.78, 5) is 26.0. The molecule has 0 spiro atoms. The summed E-state index contributed by atoms with van der Waals surface area (Å²) in [5, 5.41) is 20.6. The van der Waals surface area contributed by atoms with Gasteiger partial charge < -0.3 is 10.0 Å². The second kappa shape index (κ2) is 8.75. The molecule has 1 aliphatic rings. The van der Waals surface area contributed by atoms with Crippen LogP contribution in [0.4, 0.5) is 0 Å². The Balaban J connectivity index is 1.76. The first-order chi connectivity index (χ1) is 13.0. The number of tetrazole rings is 1. The largest absolute Gasteiger partial charge is 0.481 e. The average Bonchev–Trinajstić information content (AvgIpc) is 3.10.